The van der Waals surface area contributed by atoms with E-state index in [9.17, 15) is 10.1 Å². The van der Waals surface area contributed by atoms with Crippen molar-refractivity contribution in [1.82, 2.24) is 14.7 Å². The first-order chi connectivity index (χ1) is 12.5. The molecule has 0 bridgehead atoms. The molecule has 0 unspecified atom stereocenters. The SMILES string of the molecule is CC(C)N(/C=C(/C#N)C(=O)N1CCN(CCN)CC1)Cc1ccccc1. The van der Waals surface area contributed by atoms with Gasteiger partial charge in [0.05, 0.1) is 0 Å². The summed E-state index contributed by atoms with van der Waals surface area (Å²) >= 11 is 0. The fourth-order valence-electron chi connectivity index (χ4n) is 3.00. The van der Waals surface area contributed by atoms with E-state index in [1.54, 1.807) is 11.1 Å². The van der Waals surface area contributed by atoms with Crippen LogP contribution in [0.1, 0.15) is 19.4 Å². The minimum absolute atomic E-state index is 0.182. The van der Waals surface area contributed by atoms with Crippen molar-refractivity contribution >= 4 is 5.91 Å². The molecule has 1 aromatic rings. The molecule has 0 radical (unpaired) electrons. The number of amides is 1. The molecule has 1 saturated heterocycles. The molecular weight excluding hydrogens is 326 g/mol. The van der Waals surface area contributed by atoms with Gasteiger partial charge in [0.2, 0.25) is 0 Å². The van der Waals surface area contributed by atoms with Crippen molar-refractivity contribution in [2.45, 2.75) is 26.4 Å². The van der Waals surface area contributed by atoms with Gasteiger partial charge >= 0.3 is 0 Å². The zero-order valence-corrected chi connectivity index (χ0v) is 15.8. The Morgan fingerprint density at radius 3 is 2.46 bits per heavy atom. The fraction of sp³-hybridized carbons (Fsp3) is 0.500. The van der Waals surface area contributed by atoms with Crippen LogP contribution in [0.3, 0.4) is 0 Å². The Balaban J connectivity index is 2.06. The van der Waals surface area contributed by atoms with E-state index in [2.05, 4.69) is 24.8 Å². The molecule has 6 nitrogen and oxygen atoms in total. The van der Waals surface area contributed by atoms with Gasteiger partial charge in [0.15, 0.2) is 0 Å². The predicted octanol–water partition coefficient (Wildman–Crippen LogP) is 1.41. The van der Waals surface area contributed by atoms with Crippen molar-refractivity contribution in [3.63, 3.8) is 0 Å². The molecule has 1 heterocycles. The third-order valence-electron chi connectivity index (χ3n) is 4.62. The van der Waals surface area contributed by atoms with E-state index in [0.717, 1.165) is 25.2 Å². The van der Waals surface area contributed by atoms with Gasteiger partial charge in [-0.3, -0.25) is 9.69 Å². The number of hydrogen-bond acceptors (Lipinski definition) is 5. The molecule has 140 valence electrons. The summed E-state index contributed by atoms with van der Waals surface area (Å²) in [5.41, 5.74) is 6.94. The molecule has 1 fully saturated rings. The number of carbonyl (C=O) groups is 1. The Morgan fingerprint density at radius 1 is 1.27 bits per heavy atom. The summed E-state index contributed by atoms with van der Waals surface area (Å²) in [5.74, 6) is -0.182. The maximum Gasteiger partial charge on any atom is 0.266 e. The van der Waals surface area contributed by atoms with Crippen LogP contribution in [0.15, 0.2) is 42.1 Å². The van der Waals surface area contributed by atoms with Crippen LogP contribution in [0.25, 0.3) is 0 Å². The van der Waals surface area contributed by atoms with Gasteiger partial charge in [0, 0.05) is 58.1 Å². The lowest BCUT2D eigenvalue weighted by Crippen LogP contribution is -2.50. The first-order valence-electron chi connectivity index (χ1n) is 9.18. The van der Waals surface area contributed by atoms with Crippen LogP contribution >= 0.6 is 0 Å². The molecule has 2 N–H and O–H groups in total. The third-order valence-corrected chi connectivity index (χ3v) is 4.62. The van der Waals surface area contributed by atoms with E-state index >= 15 is 0 Å². The number of benzene rings is 1. The number of piperazine rings is 1. The van der Waals surface area contributed by atoms with Crippen LogP contribution in [-0.2, 0) is 11.3 Å². The first-order valence-corrected chi connectivity index (χ1v) is 9.18. The molecular formula is C20H29N5O. The molecule has 1 aliphatic heterocycles. The zero-order chi connectivity index (χ0) is 18.9. The molecule has 1 amide bonds. The summed E-state index contributed by atoms with van der Waals surface area (Å²) in [5, 5.41) is 9.54. The Labute approximate surface area is 156 Å². The molecule has 0 aliphatic carbocycles. The van der Waals surface area contributed by atoms with Crippen LogP contribution in [0.2, 0.25) is 0 Å². The molecule has 26 heavy (non-hydrogen) atoms. The Morgan fingerprint density at radius 2 is 1.92 bits per heavy atom. The van der Waals surface area contributed by atoms with Crippen LogP contribution in [0.5, 0.6) is 0 Å². The van der Waals surface area contributed by atoms with E-state index in [1.165, 1.54) is 0 Å². The molecule has 6 heteroatoms. The average Bonchev–Trinajstić information content (AvgIpc) is 2.66. The summed E-state index contributed by atoms with van der Waals surface area (Å²) in [6.45, 7) is 9.15. The molecule has 1 aliphatic rings. The highest BCUT2D eigenvalue weighted by molar-refractivity contribution is 5.97. The van der Waals surface area contributed by atoms with Crippen molar-refractivity contribution in [3.05, 3.63) is 47.7 Å². The van der Waals surface area contributed by atoms with Crippen molar-refractivity contribution < 1.29 is 4.79 Å². The van der Waals surface area contributed by atoms with Gasteiger partial charge in [0.25, 0.3) is 5.91 Å². The molecule has 0 spiro atoms. The van der Waals surface area contributed by atoms with Crippen molar-refractivity contribution in [2.24, 2.45) is 5.73 Å². The Hall–Kier alpha value is -2.36. The molecule has 0 atom stereocenters. The van der Waals surface area contributed by atoms with E-state index in [-0.39, 0.29) is 17.5 Å². The number of carbonyl (C=O) groups excluding carboxylic acids is 1. The van der Waals surface area contributed by atoms with Gasteiger partial charge in [-0.1, -0.05) is 30.3 Å². The van der Waals surface area contributed by atoms with Crippen LogP contribution in [0, 0.1) is 11.3 Å². The van der Waals surface area contributed by atoms with Crippen LogP contribution < -0.4 is 5.73 Å². The number of rotatable bonds is 7. The monoisotopic (exact) mass is 355 g/mol. The van der Waals surface area contributed by atoms with Gasteiger partial charge < -0.3 is 15.5 Å². The highest BCUT2D eigenvalue weighted by atomic mass is 16.2. The van der Waals surface area contributed by atoms with Crippen molar-refractivity contribution in [2.75, 3.05) is 39.3 Å². The summed E-state index contributed by atoms with van der Waals surface area (Å²) in [6.07, 6.45) is 1.71. The lowest BCUT2D eigenvalue weighted by molar-refractivity contribution is -0.128. The summed E-state index contributed by atoms with van der Waals surface area (Å²) < 4.78 is 0. The van der Waals surface area contributed by atoms with E-state index in [4.69, 9.17) is 5.73 Å². The maximum atomic E-state index is 12.8. The topological polar surface area (TPSA) is 76.6 Å². The second kappa shape index (κ2) is 9.95. The quantitative estimate of drug-likeness (QED) is 0.591. The van der Waals surface area contributed by atoms with Crippen LogP contribution in [0.4, 0.5) is 0 Å². The van der Waals surface area contributed by atoms with E-state index in [0.29, 0.717) is 26.2 Å². The minimum atomic E-state index is -0.182. The van der Waals surface area contributed by atoms with Crippen molar-refractivity contribution in [1.29, 1.82) is 5.26 Å². The second-order valence-electron chi connectivity index (χ2n) is 6.83. The number of nitrogens with zero attached hydrogens (tertiary/aromatic N) is 4. The average molecular weight is 355 g/mol. The highest BCUT2D eigenvalue weighted by Crippen LogP contribution is 2.13. The first kappa shape index (κ1) is 20.0. The molecule has 1 aromatic carbocycles. The maximum absolute atomic E-state index is 12.8. The molecule has 0 aromatic heterocycles. The summed E-state index contributed by atoms with van der Waals surface area (Å²) in [4.78, 5) is 18.8. The summed E-state index contributed by atoms with van der Waals surface area (Å²) in [7, 11) is 0. The van der Waals surface area contributed by atoms with Gasteiger partial charge in [-0.2, -0.15) is 5.26 Å². The minimum Gasteiger partial charge on any atom is -0.369 e. The smallest absolute Gasteiger partial charge is 0.266 e. The normalized spacial score (nSPS) is 15.8. The van der Waals surface area contributed by atoms with Gasteiger partial charge in [0.1, 0.15) is 11.6 Å². The van der Waals surface area contributed by atoms with E-state index < -0.39 is 0 Å². The lowest BCUT2D eigenvalue weighted by Gasteiger charge is -2.34. The summed E-state index contributed by atoms with van der Waals surface area (Å²) in [6, 6.07) is 12.4. The van der Waals surface area contributed by atoms with Crippen LogP contribution in [-0.4, -0.2) is 65.9 Å². The Kier molecular flexibility index (Phi) is 7.64. The van der Waals surface area contributed by atoms with Gasteiger partial charge in [-0.05, 0) is 19.4 Å². The zero-order valence-electron chi connectivity index (χ0n) is 15.8. The third kappa shape index (κ3) is 5.58. The Bertz CT molecular complexity index is 642. The number of nitrogens with two attached hydrogens (primary N) is 1. The van der Waals surface area contributed by atoms with Gasteiger partial charge in [-0.25, -0.2) is 0 Å². The molecule has 2 rings (SSSR count). The standard InChI is InChI=1S/C20H29N5O/c1-17(2)25(15-18-6-4-3-5-7-18)16-19(14-22)20(26)24-12-10-23(9-8-21)11-13-24/h3-7,16-17H,8-13,15,21H2,1-2H3/b19-16-. The fourth-order valence-corrected chi connectivity index (χ4v) is 3.00. The molecule has 0 saturated carbocycles. The lowest BCUT2D eigenvalue weighted by atomic mass is 10.1. The predicted molar refractivity (Wildman–Crippen MR) is 103 cm³/mol. The second-order valence-corrected chi connectivity index (χ2v) is 6.83. The largest absolute Gasteiger partial charge is 0.369 e. The number of nitriles is 1. The van der Waals surface area contributed by atoms with E-state index in [1.807, 2.05) is 35.2 Å². The highest BCUT2D eigenvalue weighted by Gasteiger charge is 2.24. The number of hydrogen-bond donors (Lipinski definition) is 1. The van der Waals surface area contributed by atoms with Gasteiger partial charge in [-0.15, -0.1) is 0 Å². The van der Waals surface area contributed by atoms with Crippen molar-refractivity contribution in [3.8, 4) is 6.07 Å².